The van der Waals surface area contributed by atoms with Crippen LogP contribution in [0.15, 0.2) is 58.3 Å². The predicted molar refractivity (Wildman–Crippen MR) is 143 cm³/mol. The maximum atomic E-state index is 10.5. The zero-order chi connectivity index (χ0) is 25.8. The normalized spacial score (nSPS) is 12.8. The summed E-state index contributed by atoms with van der Waals surface area (Å²) in [5, 5.41) is 15.7. The van der Waals surface area contributed by atoms with E-state index in [4.69, 9.17) is 22.4 Å². The first-order valence-electron chi connectivity index (χ1n) is 10.8. The quantitative estimate of drug-likeness (QED) is 0.361. The number of carboxylic acids is 1. The van der Waals surface area contributed by atoms with Gasteiger partial charge >= 0.3 is 5.97 Å². The molecule has 0 radical (unpaired) electrons. The Bertz CT molecular complexity index is 1170. The summed E-state index contributed by atoms with van der Waals surface area (Å²) in [6.07, 6.45) is 3.42. The lowest BCUT2D eigenvalue weighted by molar-refractivity contribution is -0.137. The van der Waals surface area contributed by atoms with Gasteiger partial charge in [0.05, 0.1) is 28.6 Å². The number of hydrogen-bond acceptors (Lipinski definition) is 8. The number of Topliss-reactive ketones (excluding diaryl/α,β-unsaturated/α-hetero) is 1. The van der Waals surface area contributed by atoms with E-state index in [2.05, 4.69) is 41.5 Å². The molecule has 0 saturated heterocycles. The van der Waals surface area contributed by atoms with Gasteiger partial charge in [-0.05, 0) is 66.2 Å². The van der Waals surface area contributed by atoms with E-state index in [1.54, 1.807) is 24.5 Å². The van der Waals surface area contributed by atoms with Gasteiger partial charge in [-0.15, -0.1) is 0 Å². The summed E-state index contributed by atoms with van der Waals surface area (Å²) in [6.45, 7) is 5.08. The van der Waals surface area contributed by atoms with Gasteiger partial charge in [0.25, 0.3) is 0 Å². The van der Waals surface area contributed by atoms with Crippen molar-refractivity contribution in [3.05, 3.63) is 63.9 Å². The molecular formula is C24H28BrClN6O3. The van der Waals surface area contributed by atoms with E-state index in [-0.39, 0.29) is 18.1 Å². The fourth-order valence-electron chi connectivity index (χ4n) is 2.99. The molecule has 1 aromatic heterocycles. The van der Waals surface area contributed by atoms with Crippen LogP contribution in [-0.2, 0) is 9.59 Å². The average Bonchev–Trinajstić information content (AvgIpc) is 3.33. The molecule has 4 rings (SSSR count). The summed E-state index contributed by atoms with van der Waals surface area (Å²) in [4.78, 5) is 32.8. The number of hydrogen-bond donors (Lipinski definition) is 4. The van der Waals surface area contributed by atoms with Crippen molar-refractivity contribution in [2.24, 2.45) is 10.7 Å². The van der Waals surface area contributed by atoms with Crippen LogP contribution in [0.5, 0.6) is 0 Å². The Morgan fingerprint density at radius 1 is 1.17 bits per heavy atom. The first-order chi connectivity index (χ1) is 16.7. The minimum Gasteiger partial charge on any atom is -0.481 e. The molecule has 1 aliphatic heterocycles. The second-order valence-corrected chi connectivity index (χ2v) is 8.85. The van der Waals surface area contributed by atoms with E-state index in [0.29, 0.717) is 11.6 Å². The molecule has 5 N–H and O–H groups in total. The number of halogens is 2. The third kappa shape index (κ3) is 9.59. The maximum absolute atomic E-state index is 10.5. The van der Waals surface area contributed by atoms with Crippen molar-refractivity contribution in [2.75, 3.05) is 25.0 Å². The number of carboxylic acid groups (broad SMARTS) is 1. The van der Waals surface area contributed by atoms with E-state index in [0.717, 1.165) is 45.8 Å². The molecule has 0 saturated carbocycles. The fraction of sp³-hybridized carbons (Fsp3) is 0.292. The molecule has 1 aliphatic rings. The Morgan fingerprint density at radius 2 is 1.83 bits per heavy atom. The lowest BCUT2D eigenvalue weighted by Gasteiger charge is -2.12. The topological polar surface area (TPSA) is 143 Å². The number of ketones is 1. The Labute approximate surface area is 217 Å². The summed E-state index contributed by atoms with van der Waals surface area (Å²) in [7, 11) is 0. The summed E-state index contributed by atoms with van der Waals surface area (Å²) in [5.74, 6) is -0.00546. The first-order valence-corrected chi connectivity index (χ1v) is 12.0. The maximum Gasteiger partial charge on any atom is 0.304 e. The minimum atomic E-state index is -0.838. The van der Waals surface area contributed by atoms with Crippen molar-refractivity contribution in [3.63, 3.8) is 0 Å². The number of carbonyl (C=O) groups excluding carboxylic acids is 1. The van der Waals surface area contributed by atoms with Crippen LogP contribution in [0.3, 0.4) is 0 Å². The largest absolute Gasteiger partial charge is 0.481 e. The van der Waals surface area contributed by atoms with Crippen molar-refractivity contribution in [2.45, 2.75) is 26.2 Å². The number of nitrogens with one attached hydrogen (secondary N) is 2. The molecule has 0 spiro atoms. The highest BCUT2D eigenvalue weighted by Gasteiger charge is 2.13. The second-order valence-electron chi connectivity index (χ2n) is 7.62. The van der Waals surface area contributed by atoms with E-state index < -0.39 is 5.97 Å². The van der Waals surface area contributed by atoms with Crippen LogP contribution in [-0.4, -0.2) is 52.4 Å². The summed E-state index contributed by atoms with van der Waals surface area (Å²) in [6, 6.07) is 11.0. The molecule has 35 heavy (non-hydrogen) atoms. The first kappa shape index (κ1) is 28.2. The lowest BCUT2D eigenvalue weighted by atomic mass is 9.96. The SMILES string of the molecule is Brc1c(NC2=NCCN2)ccc2nccnc12.CC(C)=O.NCC(CC(=O)O)c1ccc(Cl)cc1. The fourth-order valence-corrected chi connectivity index (χ4v) is 3.65. The molecule has 186 valence electrons. The van der Waals surface area contributed by atoms with Crippen LogP contribution in [0.25, 0.3) is 11.0 Å². The third-order valence-electron chi connectivity index (χ3n) is 4.55. The standard InChI is InChI=1S/C11H10BrN5.C10H12ClNO2.C3H6O/c12-9-7(17-11-15-5-6-16-11)1-2-8-10(9)14-4-3-13-8;11-9-3-1-7(2-4-9)8(6-12)5-10(13)14;1-3(2)4/h1-4H,5-6H2,(H2,15,16,17);1-4,8H,5-6,12H2,(H,13,14);1-2H3. The number of guanidine groups is 1. The Kier molecular flexibility index (Phi) is 11.5. The number of rotatable bonds is 5. The monoisotopic (exact) mass is 562 g/mol. The van der Waals surface area contributed by atoms with Crippen LogP contribution < -0.4 is 16.4 Å². The Morgan fingerprint density at radius 3 is 2.40 bits per heavy atom. The third-order valence-corrected chi connectivity index (χ3v) is 5.61. The van der Waals surface area contributed by atoms with Gasteiger partial charge in [-0.1, -0.05) is 23.7 Å². The lowest BCUT2D eigenvalue weighted by Crippen LogP contribution is -2.26. The smallest absolute Gasteiger partial charge is 0.304 e. The van der Waals surface area contributed by atoms with Crippen molar-refractivity contribution >= 4 is 62.0 Å². The number of nitrogens with two attached hydrogens (primary N) is 1. The molecule has 0 aliphatic carbocycles. The van der Waals surface area contributed by atoms with Gasteiger partial charge in [0.15, 0.2) is 5.96 Å². The van der Waals surface area contributed by atoms with Crippen molar-refractivity contribution in [1.82, 2.24) is 15.3 Å². The number of carbonyl (C=O) groups is 2. The summed E-state index contributed by atoms with van der Waals surface area (Å²) >= 11 is 9.26. The molecule has 2 heterocycles. The highest BCUT2D eigenvalue weighted by atomic mass is 79.9. The number of aliphatic imine (C=N–C) groups is 1. The van der Waals surface area contributed by atoms with Crippen LogP contribution in [0.2, 0.25) is 5.02 Å². The van der Waals surface area contributed by atoms with Crippen LogP contribution >= 0.6 is 27.5 Å². The van der Waals surface area contributed by atoms with Gasteiger partial charge < -0.3 is 26.3 Å². The summed E-state index contributed by atoms with van der Waals surface area (Å²) in [5.41, 5.74) is 9.06. The van der Waals surface area contributed by atoms with Crippen LogP contribution in [0.4, 0.5) is 5.69 Å². The molecule has 9 nitrogen and oxygen atoms in total. The number of benzene rings is 2. The summed E-state index contributed by atoms with van der Waals surface area (Å²) < 4.78 is 0.902. The zero-order valence-electron chi connectivity index (χ0n) is 19.5. The van der Waals surface area contributed by atoms with E-state index in [1.165, 1.54) is 13.8 Å². The molecule has 11 heteroatoms. The average molecular weight is 564 g/mol. The van der Waals surface area contributed by atoms with Gasteiger partial charge in [-0.2, -0.15) is 0 Å². The zero-order valence-corrected chi connectivity index (χ0v) is 21.8. The molecule has 1 atom stereocenters. The molecule has 0 fully saturated rings. The van der Waals surface area contributed by atoms with Gasteiger partial charge in [0.1, 0.15) is 11.3 Å². The number of aromatic nitrogens is 2. The van der Waals surface area contributed by atoms with E-state index >= 15 is 0 Å². The number of anilines is 1. The molecular weight excluding hydrogens is 536 g/mol. The predicted octanol–water partition coefficient (Wildman–Crippen LogP) is 4.22. The van der Waals surface area contributed by atoms with Crippen molar-refractivity contribution in [1.29, 1.82) is 0 Å². The van der Waals surface area contributed by atoms with Crippen LogP contribution in [0, 0.1) is 0 Å². The highest BCUT2D eigenvalue weighted by Crippen LogP contribution is 2.29. The highest BCUT2D eigenvalue weighted by molar-refractivity contribution is 9.10. The van der Waals surface area contributed by atoms with Crippen LogP contribution in [0.1, 0.15) is 31.7 Å². The van der Waals surface area contributed by atoms with Crippen molar-refractivity contribution < 1.29 is 14.7 Å². The Balaban J connectivity index is 0.000000218. The number of nitrogens with zero attached hydrogens (tertiary/aromatic N) is 3. The number of aliphatic carboxylic acids is 1. The van der Waals surface area contributed by atoms with Gasteiger partial charge in [-0.25, -0.2) is 0 Å². The van der Waals surface area contributed by atoms with Gasteiger partial charge in [-0.3, -0.25) is 19.8 Å². The second kappa shape index (κ2) is 14.3. The van der Waals surface area contributed by atoms with Gasteiger partial charge in [0.2, 0.25) is 0 Å². The Hall–Kier alpha value is -3.08. The molecule has 0 bridgehead atoms. The van der Waals surface area contributed by atoms with E-state index in [1.807, 2.05) is 24.3 Å². The minimum absolute atomic E-state index is 0.0537. The number of fused-ring (bicyclic) bond motifs is 1. The van der Waals surface area contributed by atoms with Crippen molar-refractivity contribution in [3.8, 4) is 0 Å². The molecule has 2 aromatic carbocycles. The molecule has 0 amide bonds. The molecule has 1 unspecified atom stereocenters. The molecule has 3 aromatic rings. The van der Waals surface area contributed by atoms with E-state index in [9.17, 15) is 9.59 Å². The van der Waals surface area contributed by atoms with Gasteiger partial charge in [0, 0.05) is 29.9 Å².